The molecule has 11 rings (SSSR count). The molecular weight excluding hydrogens is 689 g/mol. The second-order valence-corrected chi connectivity index (χ2v) is 15.2. The van der Waals surface area contributed by atoms with E-state index in [2.05, 4.69) is 191 Å². The van der Waals surface area contributed by atoms with Crippen LogP contribution in [0, 0.1) is 0 Å². The molecule has 9 aromatic rings. The van der Waals surface area contributed by atoms with Gasteiger partial charge in [-0.1, -0.05) is 151 Å². The molecule has 4 nitrogen and oxygen atoms in total. The Morgan fingerprint density at radius 2 is 1.20 bits per heavy atom. The van der Waals surface area contributed by atoms with E-state index in [1.165, 1.54) is 59.4 Å². The lowest BCUT2D eigenvalue weighted by molar-refractivity contribution is 0.572. The molecule has 1 atom stereocenters. The van der Waals surface area contributed by atoms with Crippen LogP contribution >= 0.6 is 11.8 Å². The Morgan fingerprint density at radius 3 is 2.04 bits per heavy atom. The third kappa shape index (κ3) is 5.30. The molecule has 1 aromatic heterocycles. The fourth-order valence-corrected chi connectivity index (χ4v) is 9.48. The number of nitrogens with zero attached hydrogens (tertiary/aromatic N) is 4. The summed E-state index contributed by atoms with van der Waals surface area (Å²) in [4.78, 5) is 15.6. The van der Waals surface area contributed by atoms with Crippen LogP contribution in [0.5, 0.6) is 0 Å². The molecule has 0 radical (unpaired) electrons. The topological polar surface area (TPSA) is 32.9 Å². The summed E-state index contributed by atoms with van der Waals surface area (Å²) in [5.74, 6) is 0.760. The molecule has 0 bridgehead atoms. The summed E-state index contributed by atoms with van der Waals surface area (Å²) in [6.45, 7) is 0. The van der Waals surface area contributed by atoms with Crippen molar-refractivity contribution in [3.8, 4) is 11.1 Å². The molecule has 5 heteroatoms. The summed E-state index contributed by atoms with van der Waals surface area (Å²) in [5, 5.41) is 4.96. The van der Waals surface area contributed by atoms with Gasteiger partial charge in [-0.05, 0) is 76.0 Å². The van der Waals surface area contributed by atoms with Crippen LogP contribution in [0.2, 0.25) is 0 Å². The van der Waals surface area contributed by atoms with Gasteiger partial charge in [0.05, 0.1) is 28.1 Å². The van der Waals surface area contributed by atoms with E-state index in [1.807, 2.05) is 17.8 Å². The molecule has 0 amide bonds. The molecule has 2 aliphatic rings. The summed E-state index contributed by atoms with van der Waals surface area (Å²) in [5.41, 5.74) is 11.4. The van der Waals surface area contributed by atoms with Crippen LogP contribution in [0.15, 0.2) is 208 Å². The third-order valence-corrected chi connectivity index (χ3v) is 12.0. The Balaban J connectivity index is 1.16. The molecule has 55 heavy (non-hydrogen) atoms. The largest absolute Gasteiger partial charge is 0.317 e. The van der Waals surface area contributed by atoms with Crippen LogP contribution < -0.4 is 4.90 Å². The minimum atomic E-state index is -0.204. The summed E-state index contributed by atoms with van der Waals surface area (Å²) in [6, 6.07) is 67.5. The van der Waals surface area contributed by atoms with E-state index in [0.29, 0.717) is 6.42 Å². The van der Waals surface area contributed by atoms with E-state index in [4.69, 9.17) is 9.98 Å². The fourth-order valence-electron chi connectivity index (χ4n) is 8.45. The maximum Gasteiger partial charge on any atom is 0.156 e. The average Bonchev–Trinajstić information content (AvgIpc) is 3.61. The number of anilines is 3. The molecule has 0 saturated heterocycles. The quantitative estimate of drug-likeness (QED) is 0.177. The lowest BCUT2D eigenvalue weighted by Crippen LogP contribution is -2.21. The van der Waals surface area contributed by atoms with Crippen LogP contribution in [-0.4, -0.2) is 16.1 Å². The second-order valence-electron chi connectivity index (χ2n) is 14.1. The van der Waals surface area contributed by atoms with Crippen molar-refractivity contribution in [3.05, 3.63) is 199 Å². The number of para-hydroxylation sites is 2. The first-order valence-corrected chi connectivity index (χ1v) is 19.6. The van der Waals surface area contributed by atoms with Gasteiger partial charge in [-0.2, -0.15) is 0 Å². The monoisotopic (exact) mass is 722 g/mol. The zero-order valence-electron chi connectivity index (χ0n) is 29.9. The maximum atomic E-state index is 5.46. The van der Waals surface area contributed by atoms with Gasteiger partial charge in [0.2, 0.25) is 0 Å². The molecule has 8 aromatic carbocycles. The zero-order valence-corrected chi connectivity index (χ0v) is 30.7. The van der Waals surface area contributed by atoms with Crippen molar-refractivity contribution in [3.63, 3.8) is 0 Å². The molecule has 0 aliphatic carbocycles. The van der Waals surface area contributed by atoms with Crippen LogP contribution in [0.1, 0.15) is 23.7 Å². The van der Waals surface area contributed by atoms with Crippen molar-refractivity contribution >= 4 is 72.9 Å². The zero-order chi connectivity index (χ0) is 36.3. The minimum Gasteiger partial charge on any atom is -0.317 e. The van der Waals surface area contributed by atoms with Crippen molar-refractivity contribution in [2.24, 2.45) is 9.98 Å². The van der Waals surface area contributed by atoms with Crippen molar-refractivity contribution in [2.45, 2.75) is 22.4 Å². The highest BCUT2D eigenvalue weighted by atomic mass is 32.2. The summed E-state index contributed by atoms with van der Waals surface area (Å²) in [6.07, 6.45) is 0.474. The molecule has 2 aliphatic heterocycles. The number of aromatic nitrogens is 1. The van der Waals surface area contributed by atoms with Crippen molar-refractivity contribution in [1.82, 2.24) is 4.57 Å². The van der Waals surface area contributed by atoms with Gasteiger partial charge >= 0.3 is 0 Å². The number of hydrogen-bond donors (Lipinski definition) is 0. The highest BCUT2D eigenvalue weighted by Crippen LogP contribution is 2.53. The molecule has 0 spiro atoms. The number of fused-ring (bicyclic) bond motifs is 7. The van der Waals surface area contributed by atoms with Gasteiger partial charge in [0.15, 0.2) is 5.84 Å². The second kappa shape index (κ2) is 13.0. The lowest BCUT2D eigenvalue weighted by atomic mass is 9.96. The van der Waals surface area contributed by atoms with Crippen LogP contribution in [0.3, 0.4) is 0 Å². The molecular formula is C50H34N4S. The molecule has 3 heterocycles. The molecule has 260 valence electrons. The van der Waals surface area contributed by atoms with Crippen molar-refractivity contribution in [1.29, 1.82) is 0 Å². The highest BCUT2D eigenvalue weighted by Gasteiger charge is 2.29. The van der Waals surface area contributed by atoms with Gasteiger partial charge in [-0.25, -0.2) is 9.98 Å². The van der Waals surface area contributed by atoms with E-state index in [9.17, 15) is 0 Å². The molecule has 0 N–H and O–H groups in total. The smallest absolute Gasteiger partial charge is 0.156 e. The van der Waals surface area contributed by atoms with Gasteiger partial charge < -0.3 is 9.47 Å². The SMILES string of the molecule is c1ccc(C2=NC(c3ccccc3)=NC(n3c4cccc(-c5ccc6c(c5)N(c5ccccc5)c5ccccc5S6)c4c4c5ccccc5ccc43)C2)cc1. The van der Waals surface area contributed by atoms with Gasteiger partial charge in [0.1, 0.15) is 6.17 Å². The Bertz CT molecular complexity index is 2980. The van der Waals surface area contributed by atoms with Gasteiger partial charge in [0, 0.05) is 38.2 Å². The third-order valence-electron chi connectivity index (χ3n) is 10.9. The number of rotatable bonds is 5. The van der Waals surface area contributed by atoms with Crippen molar-refractivity contribution in [2.75, 3.05) is 4.90 Å². The van der Waals surface area contributed by atoms with Gasteiger partial charge in [-0.15, -0.1) is 0 Å². The van der Waals surface area contributed by atoms with E-state index in [1.54, 1.807) is 0 Å². The van der Waals surface area contributed by atoms with E-state index in [-0.39, 0.29) is 6.17 Å². The predicted octanol–water partition coefficient (Wildman–Crippen LogP) is 13.4. The minimum absolute atomic E-state index is 0.204. The van der Waals surface area contributed by atoms with Gasteiger partial charge in [0.25, 0.3) is 0 Å². The summed E-state index contributed by atoms with van der Waals surface area (Å²) in [7, 11) is 0. The van der Waals surface area contributed by atoms with E-state index >= 15 is 0 Å². The Kier molecular flexibility index (Phi) is 7.52. The van der Waals surface area contributed by atoms with Crippen LogP contribution in [0.25, 0.3) is 43.7 Å². The van der Waals surface area contributed by atoms with Gasteiger partial charge in [-0.3, -0.25) is 0 Å². The van der Waals surface area contributed by atoms with E-state index in [0.717, 1.165) is 33.9 Å². The Hall–Kier alpha value is -6.69. The molecule has 0 saturated carbocycles. The number of aliphatic imine (C=N–C) groups is 2. The van der Waals surface area contributed by atoms with E-state index < -0.39 is 0 Å². The van der Waals surface area contributed by atoms with Crippen LogP contribution in [0.4, 0.5) is 17.1 Å². The lowest BCUT2D eigenvalue weighted by Gasteiger charge is -2.33. The summed E-state index contributed by atoms with van der Waals surface area (Å²) < 4.78 is 2.47. The first-order chi connectivity index (χ1) is 27.3. The summed E-state index contributed by atoms with van der Waals surface area (Å²) >= 11 is 1.84. The molecule has 0 fully saturated rings. The Labute approximate surface area is 323 Å². The normalized spacial score (nSPS) is 15.1. The predicted molar refractivity (Wildman–Crippen MR) is 231 cm³/mol. The average molecular weight is 723 g/mol. The van der Waals surface area contributed by atoms with Crippen LogP contribution in [-0.2, 0) is 0 Å². The Morgan fingerprint density at radius 1 is 0.509 bits per heavy atom. The first kappa shape index (κ1) is 31.8. The number of hydrogen-bond acceptors (Lipinski definition) is 4. The highest BCUT2D eigenvalue weighted by molar-refractivity contribution is 7.99. The fraction of sp³-hybridized carbons (Fsp3) is 0.0400. The standard InChI is InChI=1S/C50H34N4S/c1-4-16-34(17-5-1)40-32-47(52-50(51-40)35-18-6-2-7-19-35)54-42-25-14-23-39(49(42)48-38-22-11-10-15-33(38)27-29-43(48)54)36-28-30-46-44(31-36)53(37-20-8-3-9-21-37)41-24-12-13-26-45(41)55-46/h1-31,47H,32H2. The maximum absolute atomic E-state index is 5.46. The van der Waals surface area contributed by atoms with Crippen molar-refractivity contribution < 1.29 is 0 Å². The number of amidine groups is 1. The number of benzene rings is 8. The first-order valence-electron chi connectivity index (χ1n) is 18.8. The molecule has 1 unspecified atom stereocenters.